The highest BCUT2D eigenvalue weighted by atomic mass is 32.2. The number of unbranched alkanes of at least 4 members (excludes halogenated alkanes) is 5. The third kappa shape index (κ3) is 6.27. The zero-order chi connectivity index (χ0) is 15.5. The third-order valence-corrected chi connectivity index (χ3v) is 4.20. The summed E-state index contributed by atoms with van der Waals surface area (Å²) in [6, 6.07) is 5.01. The summed E-state index contributed by atoms with van der Waals surface area (Å²) in [6.07, 6.45) is 6.96. The van der Waals surface area contributed by atoms with Gasteiger partial charge in [-0.25, -0.2) is 4.21 Å². The lowest BCUT2D eigenvalue weighted by atomic mass is 10.1. The minimum Gasteiger partial charge on any atom is -0.287 e. The van der Waals surface area contributed by atoms with Crippen molar-refractivity contribution in [3.63, 3.8) is 0 Å². The predicted molar refractivity (Wildman–Crippen MR) is 85.4 cm³/mol. The van der Waals surface area contributed by atoms with Crippen LogP contribution in [0.25, 0.3) is 0 Å². The summed E-state index contributed by atoms with van der Waals surface area (Å²) in [6.45, 7) is 6.11. The molecule has 2 N–H and O–H groups in total. The van der Waals surface area contributed by atoms with Crippen LogP contribution in [0.3, 0.4) is 0 Å². The fourth-order valence-corrected chi connectivity index (χ4v) is 2.83. The lowest BCUT2D eigenvalue weighted by molar-refractivity contribution is -0.210. The number of rotatable bonds is 11. The average molecular weight is 310 g/mol. The van der Waals surface area contributed by atoms with Crippen LogP contribution < -0.4 is 5.53 Å². The van der Waals surface area contributed by atoms with E-state index in [0.717, 1.165) is 12.8 Å². The van der Waals surface area contributed by atoms with E-state index in [-0.39, 0.29) is 0 Å². The van der Waals surface area contributed by atoms with E-state index >= 15 is 0 Å². The first-order valence-corrected chi connectivity index (χ1v) is 8.37. The van der Waals surface area contributed by atoms with Gasteiger partial charge in [-0.05, 0) is 36.5 Å². The maximum Gasteiger partial charge on any atom is 0.191 e. The van der Waals surface area contributed by atoms with Crippen molar-refractivity contribution in [3.05, 3.63) is 18.2 Å². The second-order valence-electron chi connectivity index (χ2n) is 4.76. The largest absolute Gasteiger partial charge is 0.287 e. The first-order chi connectivity index (χ1) is 10.2. The molecule has 0 aliphatic rings. The molecule has 0 saturated heterocycles. The number of aliphatic imine (C=N–C) groups is 1. The van der Waals surface area contributed by atoms with Crippen molar-refractivity contribution in [2.45, 2.75) is 50.3 Å². The zero-order valence-corrected chi connectivity index (χ0v) is 13.4. The highest BCUT2D eigenvalue weighted by Crippen LogP contribution is 2.27. The fourth-order valence-electron chi connectivity index (χ4n) is 1.92. The van der Waals surface area contributed by atoms with Gasteiger partial charge in [-0.2, -0.15) is 5.53 Å². The van der Waals surface area contributed by atoms with Crippen molar-refractivity contribution < 1.29 is 13.9 Å². The van der Waals surface area contributed by atoms with E-state index in [9.17, 15) is 4.21 Å². The van der Waals surface area contributed by atoms with Gasteiger partial charge in [0.2, 0.25) is 0 Å². The number of hydrogen-bond acceptors (Lipinski definition) is 4. The molecule has 0 amide bonds. The summed E-state index contributed by atoms with van der Waals surface area (Å²) in [5, 5.41) is 3.61. The number of nitrogens with zero attached hydrogens (tertiary/aromatic N) is 2. The second-order valence-corrected chi connectivity index (χ2v) is 5.91. The molecule has 21 heavy (non-hydrogen) atoms. The van der Waals surface area contributed by atoms with Crippen molar-refractivity contribution in [2.75, 3.05) is 6.61 Å². The molecule has 0 saturated carbocycles. The molecule has 5 nitrogen and oxygen atoms in total. The van der Waals surface area contributed by atoms with E-state index in [1.54, 1.807) is 18.2 Å². The Bertz CT molecular complexity index is 492. The highest BCUT2D eigenvalue weighted by molar-refractivity contribution is 7.80. The van der Waals surface area contributed by atoms with Gasteiger partial charge in [-0.15, -0.1) is 0 Å². The van der Waals surface area contributed by atoms with Gasteiger partial charge < -0.3 is 0 Å². The van der Waals surface area contributed by atoms with Crippen LogP contribution in [0.5, 0.6) is 0 Å². The Morgan fingerprint density at radius 2 is 1.95 bits per heavy atom. The fraction of sp³-hybridized carbons (Fsp3) is 0.533. The molecule has 0 heterocycles. The van der Waals surface area contributed by atoms with Gasteiger partial charge in [0, 0.05) is 0 Å². The van der Waals surface area contributed by atoms with Crippen molar-refractivity contribution >= 4 is 29.2 Å². The van der Waals surface area contributed by atoms with Crippen LogP contribution in [0.15, 0.2) is 33.2 Å². The molecule has 116 valence electrons. The molecule has 0 aliphatic heterocycles. The Hall–Kier alpha value is -1.40. The molecule has 0 radical (unpaired) electrons. The monoisotopic (exact) mass is 310 g/mol. The maximum atomic E-state index is 12.1. The van der Waals surface area contributed by atoms with E-state index in [0.29, 0.717) is 22.9 Å². The van der Waals surface area contributed by atoms with E-state index in [1.807, 2.05) is 0 Å². The van der Waals surface area contributed by atoms with E-state index < -0.39 is 11.1 Å². The molecule has 0 aromatic heterocycles. The quantitative estimate of drug-likeness (QED) is 0.387. The van der Waals surface area contributed by atoms with E-state index in [4.69, 9.17) is 9.71 Å². The first-order valence-electron chi connectivity index (χ1n) is 7.29. The van der Waals surface area contributed by atoms with Gasteiger partial charge in [0.05, 0.1) is 12.3 Å². The van der Waals surface area contributed by atoms with E-state index in [1.165, 1.54) is 25.7 Å². The van der Waals surface area contributed by atoms with Crippen LogP contribution in [0.2, 0.25) is 0 Å². The molecule has 1 unspecified atom stereocenters. The van der Waals surface area contributed by atoms with Crippen LogP contribution in [-0.2, 0) is 15.3 Å². The molecular weight excluding hydrogens is 286 g/mol. The predicted octanol–water partition coefficient (Wildman–Crippen LogP) is 3.26. The molecule has 0 spiro atoms. The van der Waals surface area contributed by atoms with Crippen LogP contribution in [-0.4, -0.2) is 17.5 Å². The lowest BCUT2D eigenvalue weighted by Crippen LogP contribution is -2.22. The first kappa shape index (κ1) is 17.7. The van der Waals surface area contributed by atoms with Crippen LogP contribution in [0.4, 0.5) is 11.4 Å². The Kier molecular flexibility index (Phi) is 8.69. The molecule has 0 bridgehead atoms. The van der Waals surface area contributed by atoms with Crippen LogP contribution >= 0.6 is 0 Å². The number of nitrogens with two attached hydrogens (primary N) is 1. The molecular formula is C15H24N3O2S+. The summed E-state index contributed by atoms with van der Waals surface area (Å²) in [7, 11) is 0. The Labute approximate surface area is 129 Å². The normalized spacial score (nSPS) is 12.0. The molecule has 1 rings (SSSR count). The van der Waals surface area contributed by atoms with Crippen molar-refractivity contribution in [1.82, 2.24) is 0 Å². The average Bonchev–Trinajstić information content (AvgIpc) is 2.53. The molecule has 0 fully saturated rings. The van der Waals surface area contributed by atoms with Crippen molar-refractivity contribution in [2.24, 2.45) is 10.1 Å². The topological polar surface area (TPSA) is 76.6 Å². The SMILES string of the molecule is C=Nc1ccc(N=[NH2+])c(S(=O)OCCCCCCCC)c1. The van der Waals surface area contributed by atoms with Gasteiger partial charge in [0.1, 0.15) is 10.6 Å². The van der Waals surface area contributed by atoms with Gasteiger partial charge in [0.15, 0.2) is 11.1 Å². The summed E-state index contributed by atoms with van der Waals surface area (Å²) in [5.74, 6) is 0. The molecule has 6 heteroatoms. The van der Waals surface area contributed by atoms with Gasteiger partial charge in [0.25, 0.3) is 0 Å². The summed E-state index contributed by atoms with van der Waals surface area (Å²) < 4.78 is 17.5. The second kappa shape index (κ2) is 10.3. The summed E-state index contributed by atoms with van der Waals surface area (Å²) in [4.78, 5) is 4.24. The summed E-state index contributed by atoms with van der Waals surface area (Å²) in [5.41, 5.74) is 6.36. The van der Waals surface area contributed by atoms with Gasteiger partial charge >= 0.3 is 0 Å². The van der Waals surface area contributed by atoms with Crippen LogP contribution in [0.1, 0.15) is 45.4 Å². The molecule has 1 aromatic carbocycles. The Morgan fingerprint density at radius 3 is 2.62 bits per heavy atom. The standard InChI is InChI=1S/C15H23N3O2S/c1-3-4-5-6-7-8-11-20-21(19)15-12-13(17-2)9-10-14(15)18-16/h9-10,12,16H,2-8,11H2,1H3/p+1. The Balaban J connectivity index is 2.44. The number of hydrogen-bond donors (Lipinski definition) is 1. The zero-order valence-electron chi connectivity index (χ0n) is 12.6. The maximum absolute atomic E-state index is 12.1. The van der Waals surface area contributed by atoms with E-state index in [2.05, 4.69) is 23.7 Å². The van der Waals surface area contributed by atoms with Gasteiger partial charge in [-0.3, -0.25) is 9.18 Å². The smallest absolute Gasteiger partial charge is 0.191 e. The molecule has 1 atom stereocenters. The minimum atomic E-state index is -1.58. The van der Waals surface area contributed by atoms with Crippen molar-refractivity contribution in [3.8, 4) is 0 Å². The van der Waals surface area contributed by atoms with Gasteiger partial charge in [-0.1, -0.05) is 39.0 Å². The number of benzene rings is 1. The Morgan fingerprint density at radius 1 is 1.24 bits per heavy atom. The van der Waals surface area contributed by atoms with Crippen molar-refractivity contribution in [1.29, 1.82) is 0 Å². The summed E-state index contributed by atoms with van der Waals surface area (Å²) >= 11 is -1.58. The highest BCUT2D eigenvalue weighted by Gasteiger charge is 2.13. The lowest BCUT2D eigenvalue weighted by Gasteiger charge is -2.05. The molecule has 0 aliphatic carbocycles. The minimum absolute atomic E-state index is 0.438. The third-order valence-electron chi connectivity index (χ3n) is 3.13. The van der Waals surface area contributed by atoms with Crippen LogP contribution in [0, 0.1) is 0 Å². The molecule has 1 aromatic rings.